The summed E-state index contributed by atoms with van der Waals surface area (Å²) in [6.07, 6.45) is 1.75. The van der Waals surface area contributed by atoms with E-state index in [1.165, 1.54) is 17.2 Å². The van der Waals surface area contributed by atoms with Crippen LogP contribution in [0, 0.1) is 5.82 Å². The maximum Gasteiger partial charge on any atom is 0.257 e. The Kier molecular flexibility index (Phi) is 4.14. The highest BCUT2D eigenvalue weighted by Gasteiger charge is 2.33. The fraction of sp³-hybridized carbons (Fsp3) is 0.417. The van der Waals surface area contributed by atoms with Crippen LogP contribution in [0.5, 0.6) is 0 Å². The van der Waals surface area contributed by atoms with Gasteiger partial charge < -0.3 is 15.6 Å². The first kappa shape index (κ1) is 14.2. The molecule has 0 spiro atoms. The van der Waals surface area contributed by atoms with Crippen LogP contribution in [0.25, 0.3) is 0 Å². The summed E-state index contributed by atoms with van der Waals surface area (Å²) < 4.78 is 14.1. The van der Waals surface area contributed by atoms with Crippen LogP contribution in [0.3, 0.4) is 0 Å². The van der Waals surface area contributed by atoms with Gasteiger partial charge in [0.1, 0.15) is 6.04 Å². The minimum absolute atomic E-state index is 0.152. The van der Waals surface area contributed by atoms with Crippen LogP contribution in [0.1, 0.15) is 23.7 Å². The van der Waals surface area contributed by atoms with Crippen LogP contribution in [0.4, 0.5) is 10.2 Å². The van der Waals surface area contributed by atoms with E-state index in [1.54, 1.807) is 6.92 Å². The van der Waals surface area contributed by atoms with Gasteiger partial charge in [0, 0.05) is 19.3 Å². The highest BCUT2D eigenvalue weighted by Crippen LogP contribution is 2.19. The topological polar surface area (TPSA) is 100 Å². The molecule has 0 bridgehead atoms. The summed E-state index contributed by atoms with van der Waals surface area (Å²) in [4.78, 5) is 29.2. The lowest BCUT2D eigenvalue weighted by atomic mass is 10.1. The van der Waals surface area contributed by atoms with Crippen molar-refractivity contribution < 1.29 is 14.0 Å². The molecular formula is C12H16FN5O2. The third-order valence-corrected chi connectivity index (χ3v) is 3.23. The second-order valence-corrected chi connectivity index (χ2v) is 4.38. The summed E-state index contributed by atoms with van der Waals surface area (Å²) in [6, 6.07) is 0.690. The predicted octanol–water partition coefficient (Wildman–Crippen LogP) is -0.143. The lowest BCUT2D eigenvalue weighted by Crippen LogP contribution is -2.57. The van der Waals surface area contributed by atoms with Crippen molar-refractivity contribution in [2.45, 2.75) is 19.4 Å². The predicted molar refractivity (Wildman–Crippen MR) is 70.1 cm³/mol. The van der Waals surface area contributed by atoms with E-state index in [0.717, 1.165) is 0 Å². The van der Waals surface area contributed by atoms with Crippen LogP contribution < -0.4 is 16.6 Å². The van der Waals surface area contributed by atoms with Gasteiger partial charge in [-0.1, -0.05) is 6.92 Å². The van der Waals surface area contributed by atoms with Crippen LogP contribution in [-0.4, -0.2) is 40.8 Å². The van der Waals surface area contributed by atoms with Crippen molar-refractivity contribution in [2.75, 3.05) is 18.5 Å². The fourth-order valence-electron chi connectivity index (χ4n) is 2.23. The Balaban J connectivity index is 2.33. The Bertz CT molecular complexity index is 537. The summed E-state index contributed by atoms with van der Waals surface area (Å²) in [5.41, 5.74) is 1.94. The number of pyridine rings is 1. The van der Waals surface area contributed by atoms with Gasteiger partial charge >= 0.3 is 0 Å². The number of hydrazine groups is 1. The third-order valence-electron chi connectivity index (χ3n) is 3.23. The lowest BCUT2D eigenvalue weighted by molar-refractivity contribution is -0.127. The lowest BCUT2D eigenvalue weighted by Gasteiger charge is -2.34. The first-order valence-electron chi connectivity index (χ1n) is 6.30. The number of nitrogens with two attached hydrogens (primary N) is 1. The first-order valence-corrected chi connectivity index (χ1v) is 6.30. The number of anilines is 1. The van der Waals surface area contributed by atoms with Crippen LogP contribution >= 0.6 is 0 Å². The molecule has 1 aliphatic heterocycles. The Labute approximate surface area is 115 Å². The van der Waals surface area contributed by atoms with Crippen molar-refractivity contribution in [1.29, 1.82) is 0 Å². The van der Waals surface area contributed by atoms with Crippen molar-refractivity contribution in [3.63, 3.8) is 0 Å². The van der Waals surface area contributed by atoms with E-state index in [0.29, 0.717) is 19.5 Å². The van der Waals surface area contributed by atoms with E-state index in [9.17, 15) is 14.0 Å². The van der Waals surface area contributed by atoms with Crippen molar-refractivity contribution in [1.82, 2.24) is 15.2 Å². The molecule has 1 aromatic heterocycles. The monoisotopic (exact) mass is 281 g/mol. The van der Waals surface area contributed by atoms with Crippen LogP contribution in [-0.2, 0) is 4.79 Å². The molecule has 8 heteroatoms. The number of carbonyl (C=O) groups is 2. The number of nitrogens with zero attached hydrogens (tertiary/aromatic N) is 2. The molecule has 1 saturated heterocycles. The number of hydrogen-bond donors (Lipinski definition) is 3. The number of carbonyl (C=O) groups excluding carboxylic acids is 2. The average Bonchev–Trinajstić information content (AvgIpc) is 2.46. The number of piperazine rings is 1. The van der Waals surface area contributed by atoms with Crippen LogP contribution in [0.15, 0.2) is 12.3 Å². The van der Waals surface area contributed by atoms with Gasteiger partial charge in [0.15, 0.2) is 11.6 Å². The molecule has 20 heavy (non-hydrogen) atoms. The molecule has 0 radical (unpaired) electrons. The van der Waals surface area contributed by atoms with Gasteiger partial charge in [0.05, 0.1) is 5.56 Å². The van der Waals surface area contributed by atoms with Gasteiger partial charge in [-0.05, 0) is 12.5 Å². The highest BCUT2D eigenvalue weighted by molar-refractivity contribution is 5.98. The molecule has 1 atom stereocenters. The number of nitrogen functional groups attached to an aromatic ring is 1. The van der Waals surface area contributed by atoms with E-state index < -0.39 is 17.8 Å². The van der Waals surface area contributed by atoms with E-state index in [4.69, 9.17) is 5.84 Å². The molecule has 1 aromatic rings. The van der Waals surface area contributed by atoms with E-state index >= 15 is 0 Å². The van der Waals surface area contributed by atoms with Gasteiger partial charge in [-0.3, -0.25) is 9.59 Å². The average molecular weight is 281 g/mol. The maximum absolute atomic E-state index is 14.1. The largest absolute Gasteiger partial charge is 0.353 e. The Hall–Kier alpha value is -2.22. The standard InChI is InChI=1S/C12H16FN5O2/c1-2-8-11(19)16-5-6-18(8)12(20)7-3-4-15-10(17-14)9(7)13/h3-4,8H,2,5-6,14H2,1H3,(H,15,17)(H,16,19). The normalized spacial score (nSPS) is 18.6. The molecule has 0 aromatic carbocycles. The third kappa shape index (κ3) is 2.42. The summed E-state index contributed by atoms with van der Waals surface area (Å²) in [5, 5.41) is 2.69. The fourth-order valence-corrected chi connectivity index (χ4v) is 2.23. The van der Waals surface area contributed by atoms with E-state index in [1.807, 2.05) is 0 Å². The number of nitrogens with one attached hydrogen (secondary N) is 2. The number of hydrogen-bond acceptors (Lipinski definition) is 5. The minimum atomic E-state index is -0.819. The summed E-state index contributed by atoms with van der Waals surface area (Å²) in [6.45, 7) is 2.50. The van der Waals surface area contributed by atoms with Gasteiger partial charge in [0.25, 0.3) is 5.91 Å². The van der Waals surface area contributed by atoms with Gasteiger partial charge in [-0.25, -0.2) is 15.2 Å². The molecule has 4 N–H and O–H groups in total. The maximum atomic E-state index is 14.1. The molecule has 2 heterocycles. The van der Waals surface area contributed by atoms with Crippen molar-refractivity contribution >= 4 is 17.6 Å². The molecule has 0 aliphatic carbocycles. The SMILES string of the molecule is CCC1C(=O)NCCN1C(=O)c1ccnc(NN)c1F. The zero-order valence-electron chi connectivity index (χ0n) is 11.0. The summed E-state index contributed by atoms with van der Waals surface area (Å²) in [5.74, 6) is 3.35. The second kappa shape index (κ2) is 5.83. The number of rotatable bonds is 3. The van der Waals surface area contributed by atoms with Crippen molar-refractivity contribution in [3.8, 4) is 0 Å². The first-order chi connectivity index (χ1) is 9.60. The minimum Gasteiger partial charge on any atom is -0.353 e. The van der Waals surface area contributed by atoms with Gasteiger partial charge in [-0.15, -0.1) is 0 Å². The van der Waals surface area contributed by atoms with E-state index in [-0.39, 0.29) is 17.3 Å². The Morgan fingerprint density at radius 1 is 1.70 bits per heavy atom. The molecule has 2 amide bonds. The Morgan fingerprint density at radius 2 is 2.45 bits per heavy atom. The van der Waals surface area contributed by atoms with Crippen molar-refractivity contribution in [3.05, 3.63) is 23.6 Å². The smallest absolute Gasteiger partial charge is 0.257 e. The van der Waals surface area contributed by atoms with Crippen LogP contribution in [0.2, 0.25) is 0 Å². The molecule has 0 saturated carbocycles. The summed E-state index contributed by atoms with van der Waals surface area (Å²) >= 11 is 0. The molecule has 7 nitrogen and oxygen atoms in total. The molecule has 1 aliphatic rings. The molecule has 108 valence electrons. The van der Waals surface area contributed by atoms with Crippen molar-refractivity contribution in [2.24, 2.45) is 5.84 Å². The number of amides is 2. The number of aromatic nitrogens is 1. The zero-order valence-corrected chi connectivity index (χ0v) is 11.0. The van der Waals surface area contributed by atoms with Gasteiger partial charge in [0.2, 0.25) is 5.91 Å². The Morgan fingerprint density at radius 3 is 3.10 bits per heavy atom. The molecular weight excluding hydrogens is 265 g/mol. The second-order valence-electron chi connectivity index (χ2n) is 4.38. The summed E-state index contributed by atoms with van der Waals surface area (Å²) in [7, 11) is 0. The zero-order chi connectivity index (χ0) is 14.7. The molecule has 1 unspecified atom stereocenters. The quantitative estimate of drug-likeness (QED) is 0.529. The van der Waals surface area contributed by atoms with Gasteiger partial charge in [-0.2, -0.15) is 0 Å². The number of halogens is 1. The highest BCUT2D eigenvalue weighted by atomic mass is 19.1. The molecule has 2 rings (SSSR count). The molecule has 1 fully saturated rings. The van der Waals surface area contributed by atoms with E-state index in [2.05, 4.69) is 15.7 Å².